The SMILES string of the molecule is C=CCN(C(C)(C)C)S(=O)(=O)c1cc(N)c(Br)cc1C. The van der Waals surface area contributed by atoms with Crippen molar-refractivity contribution in [2.75, 3.05) is 12.3 Å². The molecule has 0 aliphatic carbocycles. The van der Waals surface area contributed by atoms with Crippen LogP contribution in [0, 0.1) is 6.92 Å². The Morgan fingerprint density at radius 2 is 1.95 bits per heavy atom. The first-order valence-corrected chi connectivity index (χ1v) is 8.44. The predicted molar refractivity (Wildman–Crippen MR) is 87.1 cm³/mol. The van der Waals surface area contributed by atoms with Crippen LogP contribution in [-0.2, 0) is 10.0 Å². The summed E-state index contributed by atoms with van der Waals surface area (Å²) >= 11 is 3.30. The fourth-order valence-electron chi connectivity index (χ4n) is 1.91. The van der Waals surface area contributed by atoms with E-state index in [-0.39, 0.29) is 11.4 Å². The quantitative estimate of drug-likeness (QED) is 0.661. The van der Waals surface area contributed by atoms with Crippen LogP contribution in [0.4, 0.5) is 5.69 Å². The number of benzene rings is 1. The number of hydrogen-bond acceptors (Lipinski definition) is 3. The first-order valence-electron chi connectivity index (χ1n) is 6.21. The molecule has 1 rings (SSSR count). The fraction of sp³-hybridized carbons (Fsp3) is 0.429. The summed E-state index contributed by atoms with van der Waals surface area (Å²) in [5.74, 6) is 0. The molecule has 0 fully saturated rings. The van der Waals surface area contributed by atoms with E-state index in [0.29, 0.717) is 15.7 Å². The average molecular weight is 361 g/mol. The Morgan fingerprint density at radius 3 is 2.40 bits per heavy atom. The van der Waals surface area contributed by atoms with E-state index >= 15 is 0 Å². The number of anilines is 1. The van der Waals surface area contributed by atoms with Gasteiger partial charge < -0.3 is 5.73 Å². The van der Waals surface area contributed by atoms with Crippen molar-refractivity contribution in [1.29, 1.82) is 0 Å². The van der Waals surface area contributed by atoms with Crippen LogP contribution in [0.1, 0.15) is 26.3 Å². The minimum Gasteiger partial charge on any atom is -0.398 e. The van der Waals surface area contributed by atoms with Crippen molar-refractivity contribution in [2.45, 2.75) is 38.1 Å². The van der Waals surface area contributed by atoms with Gasteiger partial charge in [0.25, 0.3) is 0 Å². The number of nitrogen functional groups attached to an aromatic ring is 1. The number of nitrogens with two attached hydrogens (primary N) is 1. The zero-order chi connectivity index (χ0) is 15.7. The van der Waals surface area contributed by atoms with Crippen LogP contribution in [0.5, 0.6) is 0 Å². The van der Waals surface area contributed by atoms with E-state index in [4.69, 9.17) is 5.73 Å². The molecule has 112 valence electrons. The predicted octanol–water partition coefficient (Wildman–Crippen LogP) is 3.31. The molecule has 0 saturated carbocycles. The van der Waals surface area contributed by atoms with Crippen LogP contribution in [-0.4, -0.2) is 24.8 Å². The van der Waals surface area contributed by atoms with E-state index in [9.17, 15) is 8.42 Å². The Balaban J connectivity index is 3.49. The zero-order valence-corrected chi connectivity index (χ0v) is 14.7. The molecule has 4 nitrogen and oxygen atoms in total. The molecule has 2 N–H and O–H groups in total. The van der Waals surface area contributed by atoms with Gasteiger partial charge in [0, 0.05) is 22.2 Å². The summed E-state index contributed by atoms with van der Waals surface area (Å²) < 4.78 is 27.8. The van der Waals surface area contributed by atoms with Crippen molar-refractivity contribution in [2.24, 2.45) is 0 Å². The van der Waals surface area contributed by atoms with Crippen molar-refractivity contribution < 1.29 is 8.42 Å². The third kappa shape index (κ3) is 3.42. The van der Waals surface area contributed by atoms with E-state index in [2.05, 4.69) is 22.5 Å². The Kier molecular flexibility index (Phi) is 5.05. The molecule has 0 aromatic heterocycles. The molecule has 1 aromatic carbocycles. The summed E-state index contributed by atoms with van der Waals surface area (Å²) in [6.07, 6.45) is 1.58. The number of nitrogens with zero attached hydrogens (tertiary/aromatic N) is 1. The van der Waals surface area contributed by atoms with Crippen LogP contribution in [0.2, 0.25) is 0 Å². The lowest BCUT2D eigenvalue weighted by molar-refractivity contribution is 0.270. The third-order valence-electron chi connectivity index (χ3n) is 2.91. The van der Waals surface area contributed by atoms with Crippen LogP contribution in [0.3, 0.4) is 0 Å². The first kappa shape index (κ1) is 17.2. The van der Waals surface area contributed by atoms with Gasteiger partial charge in [-0.15, -0.1) is 6.58 Å². The summed E-state index contributed by atoms with van der Waals surface area (Å²) in [4.78, 5) is 0.231. The molecule has 0 heterocycles. The fourth-order valence-corrected chi connectivity index (χ4v) is 4.37. The van der Waals surface area contributed by atoms with Crippen LogP contribution in [0.25, 0.3) is 0 Å². The van der Waals surface area contributed by atoms with E-state index in [1.54, 1.807) is 19.1 Å². The van der Waals surface area contributed by atoms with Crippen molar-refractivity contribution in [1.82, 2.24) is 4.31 Å². The minimum absolute atomic E-state index is 0.231. The summed E-state index contributed by atoms with van der Waals surface area (Å²) in [5.41, 5.74) is 6.34. The van der Waals surface area contributed by atoms with E-state index in [1.807, 2.05) is 20.8 Å². The molecular formula is C14H21BrN2O2S. The van der Waals surface area contributed by atoms with Gasteiger partial charge in [-0.25, -0.2) is 8.42 Å². The second-order valence-corrected chi connectivity index (χ2v) is 8.32. The second kappa shape index (κ2) is 5.87. The van der Waals surface area contributed by atoms with Crippen molar-refractivity contribution >= 4 is 31.6 Å². The Bertz CT molecular complexity index is 619. The molecule has 0 atom stereocenters. The highest BCUT2D eigenvalue weighted by molar-refractivity contribution is 9.10. The molecule has 6 heteroatoms. The lowest BCUT2D eigenvalue weighted by atomic mass is 10.1. The molecule has 0 radical (unpaired) electrons. The molecule has 0 bridgehead atoms. The van der Waals surface area contributed by atoms with Gasteiger partial charge in [0.2, 0.25) is 10.0 Å². The van der Waals surface area contributed by atoms with E-state index in [1.165, 1.54) is 10.4 Å². The second-order valence-electron chi connectivity index (χ2n) is 5.63. The minimum atomic E-state index is -3.63. The maximum absolute atomic E-state index is 12.9. The monoisotopic (exact) mass is 360 g/mol. The van der Waals surface area contributed by atoms with E-state index < -0.39 is 15.6 Å². The van der Waals surface area contributed by atoms with E-state index in [0.717, 1.165) is 0 Å². The highest BCUT2D eigenvalue weighted by Gasteiger charge is 2.34. The smallest absolute Gasteiger partial charge is 0.244 e. The van der Waals surface area contributed by atoms with Gasteiger partial charge in [-0.2, -0.15) is 4.31 Å². The summed E-state index contributed by atoms with van der Waals surface area (Å²) in [5, 5.41) is 0. The molecule has 0 spiro atoms. The zero-order valence-electron chi connectivity index (χ0n) is 12.3. The Morgan fingerprint density at radius 1 is 1.40 bits per heavy atom. The summed E-state index contributed by atoms with van der Waals surface area (Å²) in [6, 6.07) is 3.22. The van der Waals surface area contributed by atoms with Gasteiger partial charge in [0.1, 0.15) is 0 Å². The number of hydrogen-bond donors (Lipinski definition) is 1. The van der Waals surface area contributed by atoms with Crippen molar-refractivity contribution in [3.8, 4) is 0 Å². The number of sulfonamides is 1. The lowest BCUT2D eigenvalue weighted by Crippen LogP contribution is -2.45. The van der Waals surface area contributed by atoms with Crippen LogP contribution in [0.15, 0.2) is 34.2 Å². The standard InChI is InChI=1S/C14H21BrN2O2S/c1-6-7-17(14(3,4)5)20(18,19)13-9-12(16)11(15)8-10(13)2/h6,8-9H,1,7,16H2,2-5H3. The number of rotatable bonds is 4. The Hall–Kier alpha value is -0.850. The summed E-state index contributed by atoms with van der Waals surface area (Å²) in [7, 11) is -3.63. The molecule has 20 heavy (non-hydrogen) atoms. The number of halogens is 1. The van der Waals surface area contributed by atoms with Crippen molar-refractivity contribution in [3.63, 3.8) is 0 Å². The molecular weight excluding hydrogens is 340 g/mol. The van der Waals surface area contributed by atoms with Crippen LogP contribution >= 0.6 is 15.9 Å². The normalized spacial score (nSPS) is 12.7. The first-order chi connectivity index (χ1) is 9.01. The van der Waals surface area contributed by atoms with Crippen molar-refractivity contribution in [3.05, 3.63) is 34.8 Å². The van der Waals surface area contributed by atoms with Gasteiger partial charge >= 0.3 is 0 Å². The molecule has 0 aliphatic rings. The maximum atomic E-state index is 12.9. The largest absolute Gasteiger partial charge is 0.398 e. The topological polar surface area (TPSA) is 63.4 Å². The molecule has 0 amide bonds. The van der Waals surface area contributed by atoms with Gasteiger partial charge in [-0.05, 0) is 61.3 Å². The van der Waals surface area contributed by atoms with Gasteiger partial charge in [-0.3, -0.25) is 0 Å². The molecule has 1 aromatic rings. The third-order valence-corrected chi connectivity index (χ3v) is 5.86. The maximum Gasteiger partial charge on any atom is 0.244 e. The van der Waals surface area contributed by atoms with Gasteiger partial charge in [0.15, 0.2) is 0 Å². The molecule has 0 unspecified atom stereocenters. The summed E-state index contributed by atoms with van der Waals surface area (Å²) in [6.45, 7) is 11.2. The molecule has 0 saturated heterocycles. The highest BCUT2D eigenvalue weighted by Crippen LogP contribution is 2.31. The molecule has 0 aliphatic heterocycles. The highest BCUT2D eigenvalue weighted by atomic mass is 79.9. The lowest BCUT2D eigenvalue weighted by Gasteiger charge is -2.34. The Labute approximate surface area is 129 Å². The van der Waals surface area contributed by atoms with Gasteiger partial charge in [0.05, 0.1) is 4.90 Å². The average Bonchev–Trinajstić information content (AvgIpc) is 2.28. The van der Waals surface area contributed by atoms with Crippen LogP contribution < -0.4 is 5.73 Å². The number of aryl methyl sites for hydroxylation is 1. The van der Waals surface area contributed by atoms with Gasteiger partial charge in [-0.1, -0.05) is 6.08 Å².